The number of nitrogens with one attached hydrogen (secondary N) is 1. The van der Waals surface area contributed by atoms with Gasteiger partial charge in [0.1, 0.15) is 6.04 Å². The van der Waals surface area contributed by atoms with Crippen molar-refractivity contribution in [1.82, 2.24) is 15.1 Å². The Hall–Kier alpha value is -2.08. The molecule has 21 heavy (non-hydrogen) atoms. The Morgan fingerprint density at radius 2 is 1.81 bits per heavy atom. The van der Waals surface area contributed by atoms with Gasteiger partial charge in [0, 0.05) is 32.7 Å². The average Bonchev–Trinajstić information content (AvgIpc) is 2.49. The van der Waals surface area contributed by atoms with E-state index in [0.717, 1.165) is 5.56 Å². The van der Waals surface area contributed by atoms with E-state index in [1.54, 1.807) is 4.90 Å². The quantitative estimate of drug-likeness (QED) is 0.850. The minimum absolute atomic E-state index is 0.0486. The number of hydrogen-bond donors (Lipinski definition) is 2. The first-order valence-electron chi connectivity index (χ1n) is 7.24. The Bertz CT molecular complexity index is 484. The zero-order valence-electron chi connectivity index (χ0n) is 12.3. The molecule has 0 aromatic heterocycles. The highest BCUT2D eigenvalue weighted by Gasteiger charge is 2.29. The molecule has 0 spiro atoms. The molecule has 1 atom stereocenters. The molecule has 0 aliphatic carbocycles. The van der Waals surface area contributed by atoms with Crippen LogP contribution in [0.25, 0.3) is 0 Å². The number of nitrogens with two attached hydrogens (primary N) is 1. The predicted octanol–water partition coefficient (Wildman–Crippen LogP) is 0.560. The van der Waals surface area contributed by atoms with Crippen molar-refractivity contribution in [3.05, 3.63) is 35.9 Å². The molecule has 1 aromatic carbocycles. The van der Waals surface area contributed by atoms with Crippen LogP contribution in [-0.4, -0.2) is 54.5 Å². The van der Waals surface area contributed by atoms with Crippen molar-refractivity contribution < 1.29 is 9.59 Å². The highest BCUT2D eigenvalue weighted by Crippen LogP contribution is 2.21. The summed E-state index contributed by atoms with van der Waals surface area (Å²) in [6.07, 6.45) is 0. The monoisotopic (exact) mass is 290 g/mol. The van der Waals surface area contributed by atoms with Crippen LogP contribution >= 0.6 is 0 Å². The third-order valence-electron chi connectivity index (χ3n) is 3.68. The maximum absolute atomic E-state index is 11.8. The van der Waals surface area contributed by atoms with Crippen LogP contribution in [0.4, 0.5) is 4.79 Å². The Kier molecular flexibility index (Phi) is 5.16. The number of piperazine rings is 1. The lowest BCUT2D eigenvalue weighted by Crippen LogP contribution is -2.54. The largest absolute Gasteiger partial charge is 0.368 e. The van der Waals surface area contributed by atoms with Crippen molar-refractivity contribution in [2.75, 3.05) is 32.7 Å². The van der Waals surface area contributed by atoms with Crippen molar-refractivity contribution in [3.8, 4) is 0 Å². The second kappa shape index (κ2) is 7.08. The molecule has 6 heteroatoms. The summed E-state index contributed by atoms with van der Waals surface area (Å²) in [6.45, 7) is 4.99. The molecular weight excluding hydrogens is 268 g/mol. The van der Waals surface area contributed by atoms with E-state index in [0.29, 0.717) is 32.7 Å². The summed E-state index contributed by atoms with van der Waals surface area (Å²) in [6, 6.07) is 9.05. The first-order valence-corrected chi connectivity index (χ1v) is 7.24. The highest BCUT2D eigenvalue weighted by atomic mass is 16.2. The van der Waals surface area contributed by atoms with E-state index in [4.69, 9.17) is 5.73 Å². The van der Waals surface area contributed by atoms with Gasteiger partial charge in [0.2, 0.25) is 5.91 Å². The van der Waals surface area contributed by atoms with Crippen LogP contribution in [0.1, 0.15) is 18.5 Å². The summed E-state index contributed by atoms with van der Waals surface area (Å²) < 4.78 is 0. The molecule has 2 rings (SSSR count). The molecule has 0 saturated carbocycles. The van der Waals surface area contributed by atoms with Gasteiger partial charge in [-0.05, 0) is 12.5 Å². The first-order chi connectivity index (χ1) is 10.1. The zero-order chi connectivity index (χ0) is 15.2. The van der Waals surface area contributed by atoms with E-state index in [1.807, 2.05) is 42.2 Å². The lowest BCUT2D eigenvalue weighted by molar-refractivity contribution is -0.124. The molecule has 114 valence electrons. The minimum Gasteiger partial charge on any atom is -0.368 e. The smallest absolute Gasteiger partial charge is 0.317 e. The first kappa shape index (κ1) is 15.3. The molecule has 1 unspecified atom stereocenters. The van der Waals surface area contributed by atoms with Gasteiger partial charge in [-0.15, -0.1) is 0 Å². The molecule has 6 nitrogen and oxygen atoms in total. The number of carbonyl (C=O) groups is 2. The maximum atomic E-state index is 11.8. The van der Waals surface area contributed by atoms with Gasteiger partial charge in [-0.2, -0.15) is 0 Å². The van der Waals surface area contributed by atoms with Crippen LogP contribution < -0.4 is 11.1 Å². The van der Waals surface area contributed by atoms with Crippen LogP contribution in [0, 0.1) is 0 Å². The molecule has 1 aromatic rings. The van der Waals surface area contributed by atoms with Crippen molar-refractivity contribution in [3.63, 3.8) is 0 Å². The summed E-state index contributed by atoms with van der Waals surface area (Å²) >= 11 is 0. The van der Waals surface area contributed by atoms with E-state index in [1.165, 1.54) is 0 Å². The van der Waals surface area contributed by atoms with Gasteiger partial charge in [0.05, 0.1) is 0 Å². The standard InChI is InChI=1S/C15H22N4O2/c1-2-17-15(21)19-10-8-18(9-11-19)13(14(16)20)12-6-4-3-5-7-12/h3-7,13H,2,8-11H2,1H3,(H2,16,20)(H,17,21). The lowest BCUT2D eigenvalue weighted by Gasteiger charge is -2.38. The molecule has 1 fully saturated rings. The number of carbonyl (C=O) groups excluding carboxylic acids is 2. The van der Waals surface area contributed by atoms with E-state index < -0.39 is 6.04 Å². The van der Waals surface area contributed by atoms with Crippen molar-refractivity contribution in [1.29, 1.82) is 0 Å². The molecule has 1 saturated heterocycles. The van der Waals surface area contributed by atoms with Crippen molar-refractivity contribution in [2.45, 2.75) is 13.0 Å². The average molecular weight is 290 g/mol. The third kappa shape index (κ3) is 3.72. The summed E-state index contributed by atoms with van der Waals surface area (Å²) in [4.78, 5) is 27.4. The fraction of sp³-hybridized carbons (Fsp3) is 0.467. The Balaban J connectivity index is 2.02. The van der Waals surface area contributed by atoms with E-state index in [9.17, 15) is 9.59 Å². The van der Waals surface area contributed by atoms with Crippen molar-refractivity contribution >= 4 is 11.9 Å². The van der Waals surface area contributed by atoms with E-state index in [-0.39, 0.29) is 11.9 Å². The van der Waals surface area contributed by atoms with Gasteiger partial charge in [-0.25, -0.2) is 4.79 Å². The lowest BCUT2D eigenvalue weighted by atomic mass is 10.0. The summed E-state index contributed by atoms with van der Waals surface area (Å²) in [5, 5.41) is 2.79. The van der Waals surface area contributed by atoms with Crippen LogP contribution in [0.5, 0.6) is 0 Å². The molecule has 1 aliphatic heterocycles. The van der Waals surface area contributed by atoms with Crippen LogP contribution in [0.2, 0.25) is 0 Å². The highest BCUT2D eigenvalue weighted by molar-refractivity contribution is 5.81. The van der Waals surface area contributed by atoms with E-state index >= 15 is 0 Å². The number of rotatable bonds is 4. The summed E-state index contributed by atoms with van der Waals surface area (Å²) in [5.41, 5.74) is 6.47. The molecule has 0 bridgehead atoms. The molecule has 3 amide bonds. The Labute approximate surface area is 124 Å². The van der Waals surface area contributed by atoms with Crippen molar-refractivity contribution in [2.24, 2.45) is 5.73 Å². The topological polar surface area (TPSA) is 78.7 Å². The Morgan fingerprint density at radius 3 is 2.33 bits per heavy atom. The SMILES string of the molecule is CCNC(=O)N1CCN(C(C(N)=O)c2ccccc2)CC1. The van der Waals surface area contributed by atoms with Gasteiger partial charge < -0.3 is 16.0 Å². The fourth-order valence-corrected chi connectivity index (χ4v) is 2.64. The van der Waals surface area contributed by atoms with Gasteiger partial charge >= 0.3 is 6.03 Å². The Morgan fingerprint density at radius 1 is 1.19 bits per heavy atom. The molecule has 1 aliphatic rings. The number of urea groups is 1. The van der Waals surface area contributed by atoms with E-state index in [2.05, 4.69) is 5.32 Å². The van der Waals surface area contributed by atoms with Crippen LogP contribution in [-0.2, 0) is 4.79 Å². The molecule has 0 radical (unpaired) electrons. The van der Waals surface area contributed by atoms with Crippen LogP contribution in [0.15, 0.2) is 30.3 Å². The second-order valence-electron chi connectivity index (χ2n) is 5.07. The predicted molar refractivity (Wildman–Crippen MR) is 80.6 cm³/mol. The number of amides is 3. The normalized spacial score (nSPS) is 17.3. The minimum atomic E-state index is -0.428. The zero-order valence-corrected chi connectivity index (χ0v) is 12.3. The van der Waals surface area contributed by atoms with Gasteiger partial charge in [0.15, 0.2) is 0 Å². The summed E-state index contributed by atoms with van der Waals surface area (Å²) in [5.74, 6) is -0.354. The summed E-state index contributed by atoms with van der Waals surface area (Å²) in [7, 11) is 0. The second-order valence-corrected chi connectivity index (χ2v) is 5.07. The van der Waals surface area contributed by atoms with Gasteiger partial charge in [0.25, 0.3) is 0 Å². The van der Waals surface area contributed by atoms with Crippen LogP contribution in [0.3, 0.4) is 0 Å². The number of benzene rings is 1. The molecule has 3 N–H and O–H groups in total. The number of hydrogen-bond acceptors (Lipinski definition) is 3. The number of nitrogens with zero attached hydrogens (tertiary/aromatic N) is 2. The number of primary amides is 1. The maximum Gasteiger partial charge on any atom is 0.317 e. The van der Waals surface area contributed by atoms with Gasteiger partial charge in [-0.3, -0.25) is 9.69 Å². The fourth-order valence-electron chi connectivity index (χ4n) is 2.64. The van der Waals surface area contributed by atoms with Gasteiger partial charge in [-0.1, -0.05) is 30.3 Å². The third-order valence-corrected chi connectivity index (χ3v) is 3.68. The molecular formula is C15H22N4O2. The molecule has 1 heterocycles.